The molecule has 3 aromatic rings. The van der Waals surface area contributed by atoms with Crippen LogP contribution in [0.5, 0.6) is 23.1 Å². The van der Waals surface area contributed by atoms with Crippen LogP contribution in [0.2, 0.25) is 0 Å². The summed E-state index contributed by atoms with van der Waals surface area (Å²) in [5.74, 6) is 1.31. The third-order valence-corrected chi connectivity index (χ3v) is 5.51. The second kappa shape index (κ2) is 8.80. The topological polar surface area (TPSA) is 115 Å². The second-order valence-corrected chi connectivity index (χ2v) is 7.30. The number of hydrogen-bond donors (Lipinski definition) is 3. The molecule has 9 nitrogen and oxygen atoms in total. The molecule has 0 spiro atoms. The number of rotatable bonds is 6. The molecule has 4 rings (SSSR count). The van der Waals surface area contributed by atoms with E-state index < -0.39 is 23.2 Å². The molecule has 0 radical (unpaired) electrons. The third kappa shape index (κ3) is 3.71. The van der Waals surface area contributed by atoms with Crippen molar-refractivity contribution in [3.8, 4) is 28.8 Å². The van der Waals surface area contributed by atoms with Crippen LogP contribution >= 0.6 is 0 Å². The molecule has 2 aromatic carbocycles. The summed E-state index contributed by atoms with van der Waals surface area (Å²) in [5, 5.41) is 14.4. The van der Waals surface area contributed by atoms with E-state index in [9.17, 15) is 14.7 Å². The Morgan fingerprint density at radius 2 is 1.78 bits per heavy atom. The quantitative estimate of drug-likeness (QED) is 0.537. The fraction of sp³-hybridized carbons (Fsp3) is 0.304. The number of H-pyrrole nitrogens is 1. The summed E-state index contributed by atoms with van der Waals surface area (Å²) in [6.45, 7) is 2.96. The average molecular weight is 439 g/mol. The molecule has 0 unspecified atom stereocenters. The number of ether oxygens (including phenoxy) is 3. The van der Waals surface area contributed by atoms with Gasteiger partial charge in [0.25, 0.3) is 5.56 Å². The Morgan fingerprint density at radius 3 is 2.44 bits per heavy atom. The van der Waals surface area contributed by atoms with Crippen LogP contribution in [-0.4, -0.2) is 42.0 Å². The summed E-state index contributed by atoms with van der Waals surface area (Å²) >= 11 is 0. The van der Waals surface area contributed by atoms with E-state index in [1.807, 2.05) is 13.0 Å². The van der Waals surface area contributed by atoms with Crippen molar-refractivity contribution < 1.29 is 19.3 Å². The van der Waals surface area contributed by atoms with Crippen molar-refractivity contribution in [2.24, 2.45) is 0 Å². The standard InChI is InChI=1S/C23H25N3O6/c1-4-32-15-7-5-14(6-8-15)26-22(28)19(21(27)25-23(26)29)20-16-12-18(31-3)17(30-2)11-13(16)9-10-24-20/h5-8,11-12,20,24,28H,4,9-10H2,1-3H3,(H,25,27,29)/t20-/m0/s1. The Bertz CT molecular complexity index is 1250. The summed E-state index contributed by atoms with van der Waals surface area (Å²) in [5.41, 5.74) is 0.789. The summed E-state index contributed by atoms with van der Waals surface area (Å²) in [4.78, 5) is 27.8. The van der Waals surface area contributed by atoms with Gasteiger partial charge in [0.05, 0.1) is 38.1 Å². The molecule has 32 heavy (non-hydrogen) atoms. The first-order chi connectivity index (χ1) is 15.5. The molecule has 0 bridgehead atoms. The first-order valence-corrected chi connectivity index (χ1v) is 10.3. The van der Waals surface area contributed by atoms with Gasteiger partial charge in [0.1, 0.15) is 5.75 Å². The Labute approximate surface area is 184 Å². The van der Waals surface area contributed by atoms with Crippen LogP contribution in [0, 0.1) is 0 Å². The van der Waals surface area contributed by atoms with Gasteiger partial charge in [-0.25, -0.2) is 9.36 Å². The van der Waals surface area contributed by atoms with E-state index in [4.69, 9.17) is 14.2 Å². The van der Waals surface area contributed by atoms with Gasteiger partial charge < -0.3 is 24.6 Å². The highest BCUT2D eigenvalue weighted by atomic mass is 16.5. The number of aromatic amines is 1. The van der Waals surface area contributed by atoms with Gasteiger partial charge >= 0.3 is 5.69 Å². The number of fused-ring (bicyclic) bond motifs is 1. The number of methoxy groups -OCH3 is 2. The molecule has 0 saturated heterocycles. The van der Waals surface area contributed by atoms with Gasteiger partial charge in [-0.1, -0.05) is 0 Å². The van der Waals surface area contributed by atoms with Crippen molar-refractivity contribution in [1.29, 1.82) is 0 Å². The maximum atomic E-state index is 12.8. The van der Waals surface area contributed by atoms with Crippen molar-refractivity contribution in [1.82, 2.24) is 14.9 Å². The van der Waals surface area contributed by atoms with E-state index in [0.29, 0.717) is 42.5 Å². The first-order valence-electron chi connectivity index (χ1n) is 10.3. The van der Waals surface area contributed by atoms with Crippen molar-refractivity contribution >= 4 is 0 Å². The van der Waals surface area contributed by atoms with Gasteiger partial charge in [-0.2, -0.15) is 0 Å². The average Bonchev–Trinajstić information content (AvgIpc) is 2.79. The number of nitrogens with one attached hydrogen (secondary N) is 2. The molecule has 168 valence electrons. The highest BCUT2D eigenvalue weighted by Gasteiger charge is 2.30. The predicted octanol–water partition coefficient (Wildman–Crippen LogP) is 1.88. The third-order valence-electron chi connectivity index (χ3n) is 5.51. The monoisotopic (exact) mass is 439 g/mol. The lowest BCUT2D eigenvalue weighted by Crippen LogP contribution is -2.38. The van der Waals surface area contributed by atoms with Crippen molar-refractivity contribution in [3.63, 3.8) is 0 Å². The fourth-order valence-electron chi connectivity index (χ4n) is 4.04. The number of aromatic nitrogens is 2. The molecule has 1 aliphatic rings. The zero-order valence-electron chi connectivity index (χ0n) is 18.1. The maximum Gasteiger partial charge on any atom is 0.335 e. The van der Waals surface area contributed by atoms with Crippen LogP contribution in [0.1, 0.15) is 29.7 Å². The highest BCUT2D eigenvalue weighted by Crippen LogP contribution is 2.38. The van der Waals surface area contributed by atoms with Crippen molar-refractivity contribution in [3.05, 3.63) is 73.9 Å². The number of hydrogen-bond acceptors (Lipinski definition) is 7. The van der Waals surface area contributed by atoms with E-state index in [1.165, 1.54) is 7.11 Å². The Hall–Kier alpha value is -3.72. The van der Waals surface area contributed by atoms with Gasteiger partial charge in [-0.3, -0.25) is 9.78 Å². The van der Waals surface area contributed by atoms with Gasteiger partial charge in [0.15, 0.2) is 11.5 Å². The van der Waals surface area contributed by atoms with Gasteiger partial charge in [-0.15, -0.1) is 0 Å². The lowest BCUT2D eigenvalue weighted by atomic mass is 9.90. The first kappa shape index (κ1) is 21.5. The minimum atomic E-state index is -0.733. The van der Waals surface area contributed by atoms with Crippen LogP contribution in [-0.2, 0) is 6.42 Å². The molecular formula is C23H25N3O6. The molecule has 3 N–H and O–H groups in total. The Balaban J connectivity index is 1.87. The summed E-state index contributed by atoms with van der Waals surface area (Å²) in [7, 11) is 3.10. The van der Waals surface area contributed by atoms with Gasteiger partial charge in [0, 0.05) is 6.54 Å². The molecule has 0 aliphatic carbocycles. The minimum Gasteiger partial charge on any atom is -0.494 e. The van der Waals surface area contributed by atoms with Crippen LogP contribution in [0.25, 0.3) is 5.69 Å². The normalized spacial score (nSPS) is 15.2. The molecule has 1 atom stereocenters. The highest BCUT2D eigenvalue weighted by molar-refractivity contribution is 5.53. The van der Waals surface area contributed by atoms with Crippen LogP contribution < -0.4 is 30.8 Å². The number of aromatic hydroxyl groups is 1. The Kier molecular flexibility index (Phi) is 5.91. The minimum absolute atomic E-state index is 0.0478. The summed E-state index contributed by atoms with van der Waals surface area (Å²) < 4.78 is 17.3. The SMILES string of the molecule is CCOc1ccc(-n2c(O)c([C@H]3NCCc4cc(OC)c(OC)cc43)c(=O)[nH]c2=O)cc1. The van der Waals surface area contributed by atoms with E-state index >= 15 is 0 Å². The molecule has 2 heterocycles. The Morgan fingerprint density at radius 1 is 1.09 bits per heavy atom. The fourth-order valence-corrected chi connectivity index (χ4v) is 4.04. The lowest BCUT2D eigenvalue weighted by Gasteiger charge is -2.28. The molecule has 9 heteroatoms. The molecule has 1 aromatic heterocycles. The molecular weight excluding hydrogens is 414 g/mol. The van der Waals surface area contributed by atoms with Crippen LogP contribution in [0.15, 0.2) is 46.0 Å². The molecule has 0 amide bonds. The second-order valence-electron chi connectivity index (χ2n) is 7.30. The largest absolute Gasteiger partial charge is 0.494 e. The van der Waals surface area contributed by atoms with E-state index in [1.54, 1.807) is 37.4 Å². The van der Waals surface area contributed by atoms with Gasteiger partial charge in [0.2, 0.25) is 5.88 Å². The van der Waals surface area contributed by atoms with Crippen molar-refractivity contribution in [2.75, 3.05) is 27.4 Å². The lowest BCUT2D eigenvalue weighted by molar-refractivity contribution is 0.340. The zero-order chi connectivity index (χ0) is 22.8. The smallest absolute Gasteiger partial charge is 0.335 e. The molecule has 1 aliphatic heterocycles. The predicted molar refractivity (Wildman–Crippen MR) is 119 cm³/mol. The van der Waals surface area contributed by atoms with Crippen LogP contribution in [0.4, 0.5) is 0 Å². The molecule has 0 fully saturated rings. The van der Waals surface area contributed by atoms with E-state index in [-0.39, 0.29) is 5.56 Å². The van der Waals surface area contributed by atoms with Crippen LogP contribution in [0.3, 0.4) is 0 Å². The number of nitrogens with zero attached hydrogens (tertiary/aromatic N) is 1. The van der Waals surface area contributed by atoms with E-state index in [0.717, 1.165) is 15.7 Å². The zero-order valence-corrected chi connectivity index (χ0v) is 18.1. The summed E-state index contributed by atoms with van der Waals surface area (Å²) in [6.07, 6.45) is 0.712. The van der Waals surface area contributed by atoms with E-state index in [2.05, 4.69) is 10.3 Å². The number of benzene rings is 2. The maximum absolute atomic E-state index is 12.8. The molecule has 0 saturated carbocycles. The summed E-state index contributed by atoms with van der Waals surface area (Å²) in [6, 6.07) is 9.69. The van der Waals surface area contributed by atoms with Crippen molar-refractivity contribution in [2.45, 2.75) is 19.4 Å². The van der Waals surface area contributed by atoms with Gasteiger partial charge in [-0.05, 0) is 60.9 Å².